The van der Waals surface area contributed by atoms with Gasteiger partial charge < -0.3 is 10.2 Å². The molecule has 5 rings (SSSR count). The number of carbonyl (C=O) groups is 2. The summed E-state index contributed by atoms with van der Waals surface area (Å²) in [6.45, 7) is 7.05. The number of anilines is 1. The first-order valence-corrected chi connectivity index (χ1v) is 11.8. The number of nitrogens with zero attached hydrogens (tertiary/aromatic N) is 3. The highest BCUT2D eigenvalue weighted by Gasteiger charge is 2.60. The summed E-state index contributed by atoms with van der Waals surface area (Å²) < 4.78 is 0. The first kappa shape index (κ1) is 20.7. The van der Waals surface area contributed by atoms with Crippen LogP contribution >= 0.6 is 0 Å². The number of aromatic nitrogens is 2. The maximum Gasteiger partial charge on any atom is 0.239 e. The van der Waals surface area contributed by atoms with Gasteiger partial charge in [0.25, 0.3) is 0 Å². The van der Waals surface area contributed by atoms with Gasteiger partial charge in [-0.15, -0.1) is 0 Å². The average Bonchev–Trinajstić information content (AvgIpc) is 3.13. The molecule has 1 unspecified atom stereocenters. The third kappa shape index (κ3) is 3.05. The molecule has 6 atom stereocenters. The Kier molecular flexibility index (Phi) is 4.76. The zero-order valence-corrected chi connectivity index (χ0v) is 19.1. The van der Waals surface area contributed by atoms with Crippen molar-refractivity contribution in [1.29, 1.82) is 0 Å². The maximum absolute atomic E-state index is 13.3. The summed E-state index contributed by atoms with van der Waals surface area (Å²) in [5, 5.41) is 2.83. The van der Waals surface area contributed by atoms with Crippen molar-refractivity contribution in [3.05, 3.63) is 29.9 Å². The number of carbonyl (C=O) groups excluding carboxylic acids is 2. The zero-order chi connectivity index (χ0) is 22.0. The van der Waals surface area contributed by atoms with Crippen LogP contribution in [0.5, 0.6) is 0 Å². The molecule has 1 N–H and O–H groups in total. The summed E-state index contributed by atoms with van der Waals surface area (Å²) in [7, 11) is 1.87. The molecule has 1 aromatic rings. The van der Waals surface area contributed by atoms with Gasteiger partial charge in [-0.1, -0.05) is 25.8 Å². The van der Waals surface area contributed by atoms with E-state index in [0.29, 0.717) is 29.5 Å². The molecule has 166 valence electrons. The van der Waals surface area contributed by atoms with Crippen LogP contribution in [0.3, 0.4) is 0 Å². The van der Waals surface area contributed by atoms with Crippen LogP contribution < -0.4 is 5.32 Å². The normalized spacial score (nSPS) is 39.6. The minimum absolute atomic E-state index is 0.104. The van der Waals surface area contributed by atoms with Gasteiger partial charge in [0.1, 0.15) is 5.92 Å². The zero-order valence-electron chi connectivity index (χ0n) is 19.1. The second-order valence-corrected chi connectivity index (χ2v) is 10.9. The first-order chi connectivity index (χ1) is 14.7. The molecule has 2 saturated carbocycles. The lowest BCUT2D eigenvalue weighted by Gasteiger charge is -2.59. The van der Waals surface area contributed by atoms with E-state index < -0.39 is 5.92 Å². The number of hydrogen-bond donors (Lipinski definition) is 1. The Labute approximate surface area is 184 Å². The maximum atomic E-state index is 13.3. The van der Waals surface area contributed by atoms with Crippen LogP contribution in [0.15, 0.2) is 29.9 Å². The van der Waals surface area contributed by atoms with Gasteiger partial charge in [-0.2, -0.15) is 0 Å². The monoisotopic (exact) mass is 422 g/mol. The Morgan fingerprint density at radius 3 is 2.74 bits per heavy atom. The van der Waals surface area contributed by atoms with Gasteiger partial charge in [-0.05, 0) is 68.6 Å². The number of fused-ring (bicyclic) bond motifs is 5. The Hall–Kier alpha value is -2.24. The van der Waals surface area contributed by atoms with Gasteiger partial charge in [0.15, 0.2) is 5.82 Å². The van der Waals surface area contributed by atoms with E-state index in [-0.39, 0.29) is 17.2 Å². The van der Waals surface area contributed by atoms with Crippen molar-refractivity contribution in [3.8, 4) is 0 Å². The second-order valence-electron chi connectivity index (χ2n) is 10.9. The van der Waals surface area contributed by atoms with Crippen LogP contribution in [-0.2, 0) is 9.59 Å². The number of amides is 2. The molecule has 1 saturated heterocycles. The van der Waals surface area contributed by atoms with Gasteiger partial charge in [0.05, 0.1) is 6.20 Å². The molecule has 0 bridgehead atoms. The van der Waals surface area contributed by atoms with Crippen LogP contribution in [-0.4, -0.2) is 33.7 Å². The van der Waals surface area contributed by atoms with Crippen molar-refractivity contribution in [2.75, 3.05) is 12.4 Å². The summed E-state index contributed by atoms with van der Waals surface area (Å²) >= 11 is 0. The number of hydrogen-bond acceptors (Lipinski definition) is 4. The molecular weight excluding hydrogens is 388 g/mol. The molecule has 6 heteroatoms. The average molecular weight is 423 g/mol. The molecule has 6 nitrogen and oxygen atoms in total. The van der Waals surface area contributed by atoms with E-state index in [1.807, 2.05) is 7.05 Å². The molecule has 31 heavy (non-hydrogen) atoms. The lowest BCUT2D eigenvalue weighted by atomic mass is 9.48. The fraction of sp³-hybridized carbons (Fsp3) is 0.680. The highest BCUT2D eigenvalue weighted by atomic mass is 16.2. The Morgan fingerprint density at radius 1 is 1.19 bits per heavy atom. The van der Waals surface area contributed by atoms with E-state index in [1.165, 1.54) is 49.6 Å². The van der Waals surface area contributed by atoms with Gasteiger partial charge in [-0.25, -0.2) is 4.98 Å². The van der Waals surface area contributed by atoms with E-state index in [2.05, 4.69) is 36.1 Å². The molecule has 1 aliphatic heterocycles. The van der Waals surface area contributed by atoms with E-state index in [1.54, 1.807) is 17.3 Å². The molecular formula is C25H34N4O2. The standard InChI is InChI=1S/C25H34N4O2/c1-15-12-16-18-6-5-8-24(18,2)9-7-19(16)25(3)13-17(23(31)29(4)21(15)25)22(30)28-20-14-26-10-11-27-20/h10-11,14,16-19H,5-9,12-13H2,1-4H3,(H,27,28,30)/t16-,17?,18-,19+,24-,25+/m0/s1. The second kappa shape index (κ2) is 7.14. The summed E-state index contributed by atoms with van der Waals surface area (Å²) in [4.78, 5) is 36.4. The quantitative estimate of drug-likeness (QED) is 0.717. The largest absolute Gasteiger partial charge is 0.318 e. The lowest BCUT2D eigenvalue weighted by Crippen LogP contribution is -2.57. The van der Waals surface area contributed by atoms with E-state index in [9.17, 15) is 9.59 Å². The van der Waals surface area contributed by atoms with Crippen LogP contribution in [0.4, 0.5) is 5.82 Å². The predicted octanol–water partition coefficient (Wildman–Crippen LogP) is 4.41. The van der Waals surface area contributed by atoms with E-state index in [4.69, 9.17) is 0 Å². The summed E-state index contributed by atoms with van der Waals surface area (Å²) in [6.07, 6.45) is 12.8. The van der Waals surface area contributed by atoms with Crippen LogP contribution in [0, 0.1) is 34.5 Å². The van der Waals surface area contributed by atoms with Gasteiger partial charge >= 0.3 is 0 Å². The van der Waals surface area contributed by atoms with Crippen LogP contribution in [0.25, 0.3) is 0 Å². The van der Waals surface area contributed by atoms with Crippen molar-refractivity contribution in [3.63, 3.8) is 0 Å². The van der Waals surface area contributed by atoms with Crippen molar-refractivity contribution < 1.29 is 9.59 Å². The van der Waals surface area contributed by atoms with Gasteiger partial charge in [0, 0.05) is 30.6 Å². The number of rotatable bonds is 2. The molecule has 1 aromatic heterocycles. The summed E-state index contributed by atoms with van der Waals surface area (Å²) in [6, 6.07) is 0. The first-order valence-electron chi connectivity index (χ1n) is 11.8. The number of piperidine rings is 1. The van der Waals surface area contributed by atoms with Crippen molar-refractivity contribution >= 4 is 17.6 Å². The van der Waals surface area contributed by atoms with E-state index in [0.717, 1.165) is 12.3 Å². The molecule has 0 spiro atoms. The van der Waals surface area contributed by atoms with Crippen molar-refractivity contribution in [2.45, 2.75) is 65.7 Å². The third-order valence-corrected chi connectivity index (χ3v) is 9.25. The van der Waals surface area contributed by atoms with Gasteiger partial charge in [0.2, 0.25) is 11.8 Å². The third-order valence-electron chi connectivity index (χ3n) is 9.25. The molecule has 4 aliphatic rings. The molecule has 2 heterocycles. The highest BCUT2D eigenvalue weighted by Crippen LogP contribution is 2.65. The molecule has 2 amide bonds. The van der Waals surface area contributed by atoms with Gasteiger partial charge in [-0.3, -0.25) is 14.6 Å². The minimum atomic E-state index is -0.691. The highest BCUT2D eigenvalue weighted by molar-refractivity contribution is 6.07. The fourth-order valence-electron chi connectivity index (χ4n) is 8.02. The topological polar surface area (TPSA) is 75.2 Å². The molecule has 0 radical (unpaired) electrons. The molecule has 0 aromatic carbocycles. The predicted molar refractivity (Wildman–Crippen MR) is 119 cm³/mol. The Morgan fingerprint density at radius 2 is 2.00 bits per heavy atom. The van der Waals surface area contributed by atoms with Crippen molar-refractivity contribution in [1.82, 2.24) is 14.9 Å². The number of nitrogens with one attached hydrogen (secondary N) is 1. The Balaban J connectivity index is 1.48. The Bertz CT molecular complexity index is 944. The fourth-order valence-corrected chi connectivity index (χ4v) is 8.02. The van der Waals surface area contributed by atoms with Crippen LogP contribution in [0.1, 0.15) is 65.7 Å². The smallest absolute Gasteiger partial charge is 0.239 e. The summed E-state index contributed by atoms with van der Waals surface area (Å²) in [5.41, 5.74) is 2.87. The van der Waals surface area contributed by atoms with Crippen LogP contribution in [0.2, 0.25) is 0 Å². The summed E-state index contributed by atoms with van der Waals surface area (Å²) in [5.74, 6) is 1.31. The molecule has 3 aliphatic carbocycles. The SMILES string of the molecule is CC1=C2N(C)C(=O)C(C(=O)Nc3cnccn3)C[C@]2(C)[C@@H]2CC[C@]3(C)CCC[C@H]3[C@@H]2C1. The van der Waals surface area contributed by atoms with E-state index >= 15 is 0 Å². The number of allylic oxidation sites excluding steroid dienone is 2. The minimum Gasteiger partial charge on any atom is -0.318 e. The lowest BCUT2D eigenvalue weighted by molar-refractivity contribution is -0.147. The van der Waals surface area contributed by atoms with Crippen molar-refractivity contribution in [2.24, 2.45) is 34.5 Å². The molecule has 3 fully saturated rings. The number of likely N-dealkylation sites (tertiary alicyclic amines) is 1.